The lowest BCUT2D eigenvalue weighted by Crippen LogP contribution is -2.44. The van der Waals surface area contributed by atoms with Gasteiger partial charge in [0.05, 0.1) is 0 Å². The van der Waals surface area contributed by atoms with Crippen molar-refractivity contribution in [3.8, 4) is 0 Å². The molecule has 0 rings (SSSR count). The van der Waals surface area contributed by atoms with Crippen molar-refractivity contribution in [1.29, 1.82) is 0 Å². The van der Waals surface area contributed by atoms with E-state index < -0.39 is 22.7 Å². The molecule has 0 aromatic carbocycles. The Labute approximate surface area is 68.7 Å². The zero-order chi connectivity index (χ0) is 9.99. The first kappa shape index (κ1) is 11.7. The summed E-state index contributed by atoms with van der Waals surface area (Å²) in [5.41, 5.74) is 0. The molecule has 0 radical (unpaired) electrons. The summed E-state index contributed by atoms with van der Waals surface area (Å²) in [7, 11) is -3.26. The number of rotatable bonds is 4. The Morgan fingerprint density at radius 1 is 1.25 bits per heavy atom. The van der Waals surface area contributed by atoms with Gasteiger partial charge in [0, 0.05) is 13.8 Å². The van der Waals surface area contributed by atoms with Gasteiger partial charge in [-0.05, 0) is 0 Å². The third-order valence-corrected chi connectivity index (χ3v) is 1.34. The van der Waals surface area contributed by atoms with Gasteiger partial charge in [-0.25, -0.2) is 26.4 Å². The summed E-state index contributed by atoms with van der Waals surface area (Å²) >= 11 is 0. The Kier molecular flexibility index (Phi) is 3.48. The minimum Gasteiger partial charge on any atom is -0.241 e. The van der Waals surface area contributed by atoms with Gasteiger partial charge in [-0.1, -0.05) is 4.89 Å². The lowest BCUT2D eigenvalue weighted by atomic mass is 10.2. The molecule has 0 amide bonds. The zero-order valence-corrected chi connectivity index (χ0v) is 7.20. The summed E-state index contributed by atoms with van der Waals surface area (Å²) in [6.07, 6.45) is 0. The summed E-state index contributed by atoms with van der Waals surface area (Å²) in [5, 5.41) is 0. The van der Waals surface area contributed by atoms with Crippen molar-refractivity contribution in [3.05, 3.63) is 0 Å². The standard InChI is InChI=1S/C4H8F3NO3S/c1-3(5,6)4(2,7)11-8-12(9)10/h12H,1-2H3,(H,8,9,10). The van der Waals surface area contributed by atoms with E-state index in [-0.39, 0.29) is 6.92 Å². The number of alkyl halides is 3. The molecule has 0 bridgehead atoms. The summed E-state index contributed by atoms with van der Waals surface area (Å²) < 4.78 is 56.6. The molecule has 74 valence electrons. The topological polar surface area (TPSA) is 55.4 Å². The van der Waals surface area contributed by atoms with E-state index in [0.717, 1.165) is 4.89 Å². The van der Waals surface area contributed by atoms with Crippen LogP contribution in [0.5, 0.6) is 0 Å². The van der Waals surface area contributed by atoms with Gasteiger partial charge in [0.25, 0.3) is 5.85 Å². The van der Waals surface area contributed by atoms with Gasteiger partial charge in [0.2, 0.25) is 10.9 Å². The molecule has 0 aliphatic carbocycles. The molecule has 0 aliphatic heterocycles. The molecule has 0 fully saturated rings. The van der Waals surface area contributed by atoms with E-state index in [2.05, 4.69) is 4.84 Å². The predicted molar refractivity (Wildman–Crippen MR) is 34.7 cm³/mol. The summed E-state index contributed by atoms with van der Waals surface area (Å²) in [5.74, 6) is -7.15. The second kappa shape index (κ2) is 3.58. The quantitative estimate of drug-likeness (QED) is 0.517. The lowest BCUT2D eigenvalue weighted by Gasteiger charge is -2.25. The molecule has 0 aromatic heterocycles. The zero-order valence-electron chi connectivity index (χ0n) is 6.31. The molecule has 0 saturated carbocycles. The van der Waals surface area contributed by atoms with E-state index in [0.29, 0.717) is 6.92 Å². The van der Waals surface area contributed by atoms with Crippen molar-refractivity contribution in [1.82, 2.24) is 4.89 Å². The van der Waals surface area contributed by atoms with Crippen molar-refractivity contribution >= 4 is 10.9 Å². The second-order valence-electron chi connectivity index (χ2n) is 2.26. The fourth-order valence-corrected chi connectivity index (χ4v) is 0.459. The van der Waals surface area contributed by atoms with Gasteiger partial charge in [0.15, 0.2) is 0 Å². The first-order valence-corrected chi connectivity index (χ1v) is 3.99. The smallest absolute Gasteiger partial charge is 0.241 e. The minimum atomic E-state index is -3.79. The molecular formula is C4H8F3NO3S. The van der Waals surface area contributed by atoms with Crippen LogP contribution in [0.2, 0.25) is 0 Å². The van der Waals surface area contributed by atoms with Crippen molar-refractivity contribution in [3.63, 3.8) is 0 Å². The molecule has 0 aliphatic rings. The summed E-state index contributed by atoms with van der Waals surface area (Å²) in [6, 6.07) is 0. The van der Waals surface area contributed by atoms with E-state index in [1.165, 1.54) is 0 Å². The molecule has 1 unspecified atom stereocenters. The number of hydrogen-bond acceptors (Lipinski definition) is 3. The van der Waals surface area contributed by atoms with Crippen LogP contribution in [0.25, 0.3) is 0 Å². The van der Waals surface area contributed by atoms with E-state index in [4.69, 9.17) is 0 Å². The molecule has 4 nitrogen and oxygen atoms in total. The molecule has 0 heterocycles. The van der Waals surface area contributed by atoms with Gasteiger partial charge in [-0.15, -0.1) is 0 Å². The van der Waals surface area contributed by atoms with Gasteiger partial charge in [0.1, 0.15) is 0 Å². The average molecular weight is 207 g/mol. The second-order valence-corrected chi connectivity index (χ2v) is 2.95. The Hall–Kier alpha value is -0.340. The minimum absolute atomic E-state index is 0.270. The van der Waals surface area contributed by atoms with E-state index in [1.807, 2.05) is 0 Å². The summed E-state index contributed by atoms with van der Waals surface area (Å²) in [4.78, 5) is 4.68. The van der Waals surface area contributed by atoms with Crippen LogP contribution in [0.4, 0.5) is 13.2 Å². The molecule has 1 N–H and O–H groups in total. The molecule has 0 saturated heterocycles. The van der Waals surface area contributed by atoms with Gasteiger partial charge < -0.3 is 0 Å². The third kappa shape index (κ3) is 3.37. The van der Waals surface area contributed by atoms with Crippen molar-refractivity contribution in [2.24, 2.45) is 0 Å². The average Bonchev–Trinajstić information content (AvgIpc) is 1.81. The normalized spacial score (nSPS) is 17.8. The molecule has 0 spiro atoms. The maximum absolute atomic E-state index is 12.7. The van der Waals surface area contributed by atoms with Crippen LogP contribution in [0, 0.1) is 0 Å². The molecule has 1 atom stereocenters. The Balaban J connectivity index is 4.23. The van der Waals surface area contributed by atoms with Gasteiger partial charge in [-0.2, -0.15) is 0 Å². The number of hydrogen-bond donors (Lipinski definition) is 2. The number of nitrogens with one attached hydrogen (secondary N) is 1. The first-order chi connectivity index (χ1) is 5.17. The Bertz CT molecular complexity index is 214. The van der Waals surface area contributed by atoms with Crippen LogP contribution < -0.4 is 4.89 Å². The van der Waals surface area contributed by atoms with Gasteiger partial charge >= 0.3 is 5.92 Å². The van der Waals surface area contributed by atoms with Crippen LogP contribution in [-0.4, -0.2) is 20.2 Å². The molecule has 12 heavy (non-hydrogen) atoms. The lowest BCUT2D eigenvalue weighted by molar-refractivity contribution is -0.272. The maximum Gasteiger partial charge on any atom is 0.304 e. The third-order valence-electron chi connectivity index (χ3n) is 1.10. The molecule has 8 heteroatoms. The van der Waals surface area contributed by atoms with Gasteiger partial charge in [-0.3, -0.25) is 0 Å². The number of halogens is 3. The fraction of sp³-hybridized carbons (Fsp3) is 1.00. The SMILES string of the molecule is CC(F)(F)C(C)(F)ON[SH](=O)=O. The highest BCUT2D eigenvalue weighted by atomic mass is 32.2. The van der Waals surface area contributed by atoms with E-state index >= 15 is 0 Å². The molecule has 0 aromatic rings. The Morgan fingerprint density at radius 2 is 1.67 bits per heavy atom. The van der Waals surface area contributed by atoms with Crippen molar-refractivity contribution < 1.29 is 26.4 Å². The van der Waals surface area contributed by atoms with E-state index in [9.17, 15) is 21.6 Å². The number of thiol groups is 1. The van der Waals surface area contributed by atoms with Crippen LogP contribution >= 0.6 is 0 Å². The van der Waals surface area contributed by atoms with Crippen LogP contribution in [-0.2, 0) is 15.7 Å². The highest BCUT2D eigenvalue weighted by Crippen LogP contribution is 2.31. The predicted octanol–water partition coefficient (Wildman–Crippen LogP) is 0.375. The highest BCUT2D eigenvalue weighted by molar-refractivity contribution is 7.70. The van der Waals surface area contributed by atoms with Crippen molar-refractivity contribution in [2.75, 3.05) is 0 Å². The summed E-state index contributed by atoms with van der Waals surface area (Å²) in [6.45, 7) is 0.686. The highest BCUT2D eigenvalue weighted by Gasteiger charge is 2.49. The van der Waals surface area contributed by atoms with Crippen LogP contribution in [0.1, 0.15) is 13.8 Å². The monoisotopic (exact) mass is 207 g/mol. The molecular weight excluding hydrogens is 199 g/mol. The van der Waals surface area contributed by atoms with Crippen molar-refractivity contribution in [2.45, 2.75) is 25.6 Å². The van der Waals surface area contributed by atoms with Crippen LogP contribution in [0.3, 0.4) is 0 Å². The Morgan fingerprint density at radius 3 is 1.92 bits per heavy atom. The fourth-order valence-electron chi connectivity index (χ4n) is 0.213. The first-order valence-electron chi connectivity index (χ1n) is 2.81. The maximum atomic E-state index is 12.7. The van der Waals surface area contributed by atoms with E-state index in [1.54, 1.807) is 0 Å². The largest absolute Gasteiger partial charge is 0.304 e. The van der Waals surface area contributed by atoms with Crippen LogP contribution in [0.15, 0.2) is 0 Å².